The van der Waals surface area contributed by atoms with Crippen LogP contribution < -0.4 is 4.57 Å². The number of aromatic nitrogens is 2. The van der Waals surface area contributed by atoms with E-state index >= 15 is 0 Å². The minimum absolute atomic E-state index is 0.246. The van der Waals surface area contributed by atoms with Crippen LogP contribution in [0.4, 0.5) is 0 Å². The number of nitrogens with zero attached hydrogens (tertiary/aromatic N) is 2. The van der Waals surface area contributed by atoms with Crippen molar-refractivity contribution in [2.24, 2.45) is 0 Å². The van der Waals surface area contributed by atoms with Gasteiger partial charge in [0.25, 0.3) is 0 Å². The molecule has 0 fully saturated rings. The molecule has 0 aliphatic rings. The Morgan fingerprint density at radius 1 is 1.16 bits per heavy atom. The van der Waals surface area contributed by atoms with E-state index in [2.05, 4.69) is 4.98 Å². The fraction of sp³-hybridized carbons (Fsp3) is 0.231. The maximum Gasteiger partial charge on any atom is 0.190 e. The Bertz CT molecular complexity index is 625. The van der Waals surface area contributed by atoms with Crippen molar-refractivity contribution in [1.82, 2.24) is 4.98 Å². The second kappa shape index (κ2) is 5.90. The SMILES string of the molecule is O=S(=O)([O-])CCc1cc[n+](Cc2ccccn2)cc1. The summed E-state index contributed by atoms with van der Waals surface area (Å²) in [5, 5.41) is 0. The molecule has 19 heavy (non-hydrogen) atoms. The van der Waals surface area contributed by atoms with E-state index in [4.69, 9.17) is 0 Å². The van der Waals surface area contributed by atoms with Crippen LogP contribution in [0.25, 0.3) is 0 Å². The Balaban J connectivity index is 1.99. The molecule has 2 aromatic heterocycles. The lowest BCUT2D eigenvalue weighted by Crippen LogP contribution is -2.33. The quantitative estimate of drug-likeness (QED) is 0.590. The standard InChI is InChI=1S/C13H14N2O3S/c16-19(17,18)10-6-12-4-8-15(9-5-12)11-13-3-1-2-7-14-13/h1-5,7-9H,6,10-11H2. The van der Waals surface area contributed by atoms with Crippen LogP contribution in [0.1, 0.15) is 11.3 Å². The van der Waals surface area contributed by atoms with Gasteiger partial charge in [0.2, 0.25) is 0 Å². The van der Waals surface area contributed by atoms with Crippen molar-refractivity contribution in [2.75, 3.05) is 5.75 Å². The van der Waals surface area contributed by atoms with Gasteiger partial charge in [-0.25, -0.2) is 8.42 Å². The molecule has 0 saturated carbocycles. The summed E-state index contributed by atoms with van der Waals surface area (Å²) in [4.78, 5) is 4.22. The Hall–Kier alpha value is -1.79. The molecule has 0 unspecified atom stereocenters. The third-order valence-corrected chi connectivity index (χ3v) is 3.38. The molecule has 0 aliphatic carbocycles. The van der Waals surface area contributed by atoms with Crippen LogP contribution in [0, 0.1) is 0 Å². The van der Waals surface area contributed by atoms with Crippen LogP contribution in [-0.2, 0) is 23.1 Å². The average Bonchev–Trinajstić information content (AvgIpc) is 2.38. The Morgan fingerprint density at radius 2 is 1.89 bits per heavy atom. The molecule has 0 bridgehead atoms. The summed E-state index contributed by atoms with van der Waals surface area (Å²) >= 11 is 0. The van der Waals surface area contributed by atoms with E-state index in [1.807, 2.05) is 47.3 Å². The third-order valence-electron chi connectivity index (χ3n) is 2.67. The van der Waals surface area contributed by atoms with Crippen LogP contribution in [0.5, 0.6) is 0 Å². The Kier molecular flexibility index (Phi) is 4.24. The highest BCUT2D eigenvalue weighted by molar-refractivity contribution is 7.85. The second-order valence-corrected chi connectivity index (χ2v) is 5.74. The lowest BCUT2D eigenvalue weighted by atomic mass is 10.2. The molecule has 0 aromatic carbocycles. The van der Waals surface area contributed by atoms with Crippen LogP contribution >= 0.6 is 0 Å². The maximum atomic E-state index is 10.5. The zero-order chi connectivity index (χ0) is 13.7. The fourth-order valence-electron chi connectivity index (χ4n) is 1.68. The summed E-state index contributed by atoms with van der Waals surface area (Å²) in [7, 11) is -4.15. The maximum absolute atomic E-state index is 10.5. The van der Waals surface area contributed by atoms with Crippen molar-refractivity contribution in [3.63, 3.8) is 0 Å². The van der Waals surface area contributed by atoms with Gasteiger partial charge in [0.15, 0.2) is 18.9 Å². The van der Waals surface area contributed by atoms with Gasteiger partial charge >= 0.3 is 0 Å². The molecule has 2 aromatic rings. The Labute approximate surface area is 112 Å². The third kappa shape index (κ3) is 4.76. The lowest BCUT2D eigenvalue weighted by molar-refractivity contribution is -0.688. The molecule has 0 N–H and O–H groups in total. The predicted octanol–water partition coefficient (Wildman–Crippen LogP) is 0.505. The second-order valence-electron chi connectivity index (χ2n) is 4.21. The van der Waals surface area contributed by atoms with Gasteiger partial charge in [-0.15, -0.1) is 0 Å². The summed E-state index contributed by atoms with van der Waals surface area (Å²) < 4.78 is 33.6. The minimum Gasteiger partial charge on any atom is -0.748 e. The number of pyridine rings is 2. The molecule has 6 heteroatoms. The van der Waals surface area contributed by atoms with E-state index in [0.29, 0.717) is 6.54 Å². The van der Waals surface area contributed by atoms with Crippen molar-refractivity contribution in [1.29, 1.82) is 0 Å². The van der Waals surface area contributed by atoms with Crippen LogP contribution in [0.15, 0.2) is 48.9 Å². The lowest BCUT2D eigenvalue weighted by Gasteiger charge is -2.05. The largest absolute Gasteiger partial charge is 0.748 e. The highest BCUT2D eigenvalue weighted by Crippen LogP contribution is 2.00. The fourth-order valence-corrected chi connectivity index (χ4v) is 2.17. The van der Waals surface area contributed by atoms with E-state index in [-0.39, 0.29) is 12.2 Å². The Morgan fingerprint density at radius 3 is 2.47 bits per heavy atom. The predicted molar refractivity (Wildman–Crippen MR) is 68.2 cm³/mol. The van der Waals surface area contributed by atoms with Gasteiger partial charge in [-0.05, 0) is 24.1 Å². The minimum atomic E-state index is -4.15. The van der Waals surface area contributed by atoms with E-state index in [0.717, 1.165) is 11.3 Å². The zero-order valence-corrected chi connectivity index (χ0v) is 11.1. The zero-order valence-electron chi connectivity index (χ0n) is 10.3. The van der Waals surface area contributed by atoms with Gasteiger partial charge in [0, 0.05) is 24.1 Å². The number of aryl methyl sites for hydroxylation is 1. The molecule has 0 amide bonds. The molecule has 0 saturated heterocycles. The molecule has 100 valence electrons. The molecular formula is C13H14N2O3S. The summed E-state index contributed by atoms with van der Waals surface area (Å²) in [5.41, 5.74) is 1.78. The van der Waals surface area contributed by atoms with Crippen molar-refractivity contribution in [3.8, 4) is 0 Å². The molecule has 2 heterocycles. The van der Waals surface area contributed by atoms with Gasteiger partial charge in [-0.3, -0.25) is 4.98 Å². The van der Waals surface area contributed by atoms with Gasteiger partial charge in [-0.1, -0.05) is 6.07 Å². The first-order chi connectivity index (χ1) is 9.03. The number of hydrogen-bond donors (Lipinski definition) is 0. The van der Waals surface area contributed by atoms with Crippen LogP contribution in [0.3, 0.4) is 0 Å². The van der Waals surface area contributed by atoms with Crippen LogP contribution in [0.2, 0.25) is 0 Å². The highest BCUT2D eigenvalue weighted by atomic mass is 32.2. The molecule has 0 aliphatic heterocycles. The van der Waals surface area contributed by atoms with Crippen molar-refractivity contribution in [2.45, 2.75) is 13.0 Å². The van der Waals surface area contributed by atoms with Gasteiger partial charge in [0.05, 0.1) is 10.1 Å². The highest BCUT2D eigenvalue weighted by Gasteiger charge is 2.04. The van der Waals surface area contributed by atoms with Crippen molar-refractivity contribution >= 4 is 10.1 Å². The molecule has 0 spiro atoms. The summed E-state index contributed by atoms with van der Waals surface area (Å²) in [5.74, 6) is -0.364. The molecule has 5 nitrogen and oxygen atoms in total. The van der Waals surface area contributed by atoms with Gasteiger partial charge < -0.3 is 4.55 Å². The molecule has 0 atom stereocenters. The molecule has 2 rings (SSSR count). The smallest absolute Gasteiger partial charge is 0.190 e. The van der Waals surface area contributed by atoms with E-state index in [9.17, 15) is 13.0 Å². The van der Waals surface area contributed by atoms with Gasteiger partial charge in [-0.2, -0.15) is 4.57 Å². The monoisotopic (exact) mass is 278 g/mol. The number of hydrogen-bond acceptors (Lipinski definition) is 4. The van der Waals surface area contributed by atoms with E-state index < -0.39 is 10.1 Å². The molecular weight excluding hydrogens is 264 g/mol. The van der Waals surface area contributed by atoms with Crippen molar-refractivity contribution in [3.05, 3.63) is 60.2 Å². The summed E-state index contributed by atoms with van der Waals surface area (Å²) in [6.45, 7) is 0.654. The average molecular weight is 278 g/mol. The first kappa shape index (κ1) is 13.6. The normalized spacial score (nSPS) is 11.4. The topological polar surface area (TPSA) is 74.0 Å². The van der Waals surface area contributed by atoms with Crippen molar-refractivity contribution < 1.29 is 17.5 Å². The summed E-state index contributed by atoms with van der Waals surface area (Å²) in [6, 6.07) is 9.35. The number of rotatable bonds is 5. The van der Waals surface area contributed by atoms with Gasteiger partial charge in [0.1, 0.15) is 5.69 Å². The molecule has 0 radical (unpaired) electrons. The van der Waals surface area contributed by atoms with Crippen LogP contribution in [-0.4, -0.2) is 23.7 Å². The van der Waals surface area contributed by atoms with E-state index in [1.165, 1.54) is 0 Å². The summed E-state index contributed by atoms with van der Waals surface area (Å²) in [6.07, 6.45) is 5.68. The van der Waals surface area contributed by atoms with E-state index in [1.54, 1.807) is 6.20 Å². The first-order valence-corrected chi connectivity index (χ1v) is 7.42. The first-order valence-electron chi connectivity index (χ1n) is 5.84.